The normalized spacial score (nSPS) is 11.2. The van der Waals surface area contributed by atoms with Gasteiger partial charge in [0.25, 0.3) is 0 Å². The highest BCUT2D eigenvalue weighted by Crippen LogP contribution is 2.36. The number of anilines is 1. The van der Waals surface area contributed by atoms with E-state index in [9.17, 15) is 22.8 Å². The van der Waals surface area contributed by atoms with E-state index in [4.69, 9.17) is 4.74 Å². The number of methoxy groups -OCH3 is 1. The van der Waals surface area contributed by atoms with Crippen molar-refractivity contribution in [1.82, 2.24) is 0 Å². The SMILES string of the molecule is COC(=O)C(=O)N(Cc1ccccc1)c1ccc(OC(C)C)c(-c2ccc(OC(F)(F)F)cc2)c1. The Morgan fingerprint density at radius 1 is 0.943 bits per heavy atom. The molecule has 0 bridgehead atoms. The van der Waals surface area contributed by atoms with Crippen LogP contribution in [0.25, 0.3) is 11.1 Å². The third-order valence-electron chi connectivity index (χ3n) is 4.83. The highest BCUT2D eigenvalue weighted by atomic mass is 19.4. The third-order valence-corrected chi connectivity index (χ3v) is 4.83. The van der Waals surface area contributed by atoms with Crippen molar-refractivity contribution in [3.8, 4) is 22.6 Å². The molecule has 0 aliphatic heterocycles. The molecule has 3 rings (SSSR count). The van der Waals surface area contributed by atoms with Crippen molar-refractivity contribution in [2.24, 2.45) is 0 Å². The van der Waals surface area contributed by atoms with Gasteiger partial charge < -0.3 is 14.2 Å². The van der Waals surface area contributed by atoms with Gasteiger partial charge in [-0.1, -0.05) is 42.5 Å². The molecule has 0 heterocycles. The molecule has 0 aliphatic rings. The molecular formula is C26H24F3NO5. The summed E-state index contributed by atoms with van der Waals surface area (Å²) >= 11 is 0. The van der Waals surface area contributed by atoms with Crippen LogP contribution in [0, 0.1) is 0 Å². The first kappa shape index (κ1) is 25.6. The van der Waals surface area contributed by atoms with Gasteiger partial charge in [-0.05, 0) is 55.3 Å². The number of esters is 1. The summed E-state index contributed by atoms with van der Waals surface area (Å²) in [7, 11) is 1.12. The minimum atomic E-state index is -4.81. The summed E-state index contributed by atoms with van der Waals surface area (Å²) < 4.78 is 52.1. The summed E-state index contributed by atoms with van der Waals surface area (Å²) in [6.45, 7) is 3.76. The van der Waals surface area contributed by atoms with E-state index in [2.05, 4.69) is 9.47 Å². The Morgan fingerprint density at radius 3 is 2.17 bits per heavy atom. The molecule has 9 heteroatoms. The smallest absolute Gasteiger partial charge is 0.490 e. The van der Waals surface area contributed by atoms with Crippen LogP contribution in [0.2, 0.25) is 0 Å². The fourth-order valence-electron chi connectivity index (χ4n) is 3.35. The number of alkyl halides is 3. The lowest BCUT2D eigenvalue weighted by Gasteiger charge is -2.24. The Balaban J connectivity index is 2.06. The third kappa shape index (κ3) is 6.99. The van der Waals surface area contributed by atoms with Crippen molar-refractivity contribution >= 4 is 17.6 Å². The predicted octanol–water partition coefficient (Wildman–Crippen LogP) is 5.75. The van der Waals surface area contributed by atoms with E-state index in [0.29, 0.717) is 22.6 Å². The van der Waals surface area contributed by atoms with Gasteiger partial charge in [-0.15, -0.1) is 13.2 Å². The Hall–Kier alpha value is -4.01. The number of hydrogen-bond acceptors (Lipinski definition) is 5. The molecule has 0 radical (unpaired) electrons. The Morgan fingerprint density at radius 2 is 1.60 bits per heavy atom. The van der Waals surface area contributed by atoms with E-state index < -0.39 is 18.2 Å². The van der Waals surface area contributed by atoms with Crippen LogP contribution in [0.5, 0.6) is 11.5 Å². The van der Waals surface area contributed by atoms with Crippen LogP contribution in [-0.2, 0) is 20.9 Å². The van der Waals surface area contributed by atoms with E-state index in [1.807, 2.05) is 44.2 Å². The first-order valence-corrected chi connectivity index (χ1v) is 10.7. The number of hydrogen-bond donors (Lipinski definition) is 0. The minimum absolute atomic E-state index is 0.0942. The topological polar surface area (TPSA) is 65.1 Å². The van der Waals surface area contributed by atoms with Gasteiger partial charge in [-0.25, -0.2) is 4.79 Å². The largest absolute Gasteiger partial charge is 0.573 e. The maximum atomic E-state index is 12.9. The van der Waals surface area contributed by atoms with Crippen molar-refractivity contribution in [2.75, 3.05) is 12.0 Å². The maximum Gasteiger partial charge on any atom is 0.573 e. The van der Waals surface area contributed by atoms with Crippen molar-refractivity contribution in [3.63, 3.8) is 0 Å². The number of carbonyl (C=O) groups excluding carboxylic acids is 2. The van der Waals surface area contributed by atoms with Crippen LogP contribution in [0.4, 0.5) is 18.9 Å². The summed E-state index contributed by atoms with van der Waals surface area (Å²) in [5.41, 5.74) is 2.21. The molecule has 0 atom stereocenters. The number of amides is 1. The van der Waals surface area contributed by atoms with Crippen LogP contribution >= 0.6 is 0 Å². The van der Waals surface area contributed by atoms with Crippen molar-refractivity contribution < 1.29 is 37.0 Å². The van der Waals surface area contributed by atoms with Gasteiger partial charge in [-0.3, -0.25) is 9.69 Å². The lowest BCUT2D eigenvalue weighted by atomic mass is 10.0. The van der Waals surface area contributed by atoms with Crippen LogP contribution in [0.3, 0.4) is 0 Å². The zero-order valence-electron chi connectivity index (χ0n) is 19.3. The van der Waals surface area contributed by atoms with E-state index in [0.717, 1.165) is 12.7 Å². The molecule has 0 aliphatic carbocycles. The molecule has 0 saturated carbocycles. The Kier molecular flexibility index (Phi) is 8.01. The van der Waals surface area contributed by atoms with E-state index >= 15 is 0 Å². The number of benzene rings is 3. The standard InChI is InChI=1S/C26H24F3NO5/c1-17(2)34-23-14-11-20(15-22(23)19-9-12-21(13-10-19)35-26(27,28)29)30(24(31)25(32)33-3)16-18-7-5-4-6-8-18/h4-15,17H,16H2,1-3H3. The number of ether oxygens (including phenoxy) is 3. The minimum Gasteiger partial charge on any atom is -0.490 e. The first-order chi connectivity index (χ1) is 16.6. The van der Waals surface area contributed by atoms with Gasteiger partial charge in [0.05, 0.1) is 19.8 Å². The Bertz CT molecular complexity index is 1160. The molecule has 3 aromatic carbocycles. The molecule has 0 spiro atoms. The van der Waals surface area contributed by atoms with Crippen molar-refractivity contribution in [3.05, 3.63) is 78.4 Å². The summed E-state index contributed by atoms with van der Waals surface area (Å²) in [6.07, 6.45) is -5.00. The van der Waals surface area contributed by atoms with Gasteiger partial charge in [0.15, 0.2) is 0 Å². The molecule has 0 aromatic heterocycles. The molecule has 0 fully saturated rings. The molecule has 3 aromatic rings. The van der Waals surface area contributed by atoms with Crippen LogP contribution in [-0.4, -0.2) is 31.5 Å². The fourth-order valence-corrected chi connectivity index (χ4v) is 3.35. The van der Waals surface area contributed by atoms with Gasteiger partial charge in [0, 0.05) is 11.3 Å². The second kappa shape index (κ2) is 10.9. The lowest BCUT2D eigenvalue weighted by molar-refractivity contribution is -0.274. The maximum absolute atomic E-state index is 12.9. The molecular weight excluding hydrogens is 463 g/mol. The number of rotatable bonds is 7. The van der Waals surface area contributed by atoms with E-state index in [-0.39, 0.29) is 18.4 Å². The molecule has 6 nitrogen and oxygen atoms in total. The zero-order chi connectivity index (χ0) is 25.6. The average Bonchev–Trinajstić information content (AvgIpc) is 2.82. The molecule has 184 valence electrons. The highest BCUT2D eigenvalue weighted by molar-refractivity contribution is 6.38. The van der Waals surface area contributed by atoms with Crippen LogP contribution in [0.15, 0.2) is 72.8 Å². The molecule has 0 N–H and O–H groups in total. The van der Waals surface area contributed by atoms with E-state index in [1.165, 1.54) is 29.2 Å². The quantitative estimate of drug-likeness (QED) is 0.314. The second-order valence-electron chi connectivity index (χ2n) is 7.79. The van der Waals surface area contributed by atoms with Gasteiger partial charge in [0.1, 0.15) is 11.5 Å². The van der Waals surface area contributed by atoms with E-state index in [1.54, 1.807) is 18.2 Å². The van der Waals surface area contributed by atoms with Crippen LogP contribution in [0.1, 0.15) is 19.4 Å². The Labute approximate surface area is 200 Å². The monoisotopic (exact) mass is 487 g/mol. The molecule has 0 saturated heterocycles. The number of carbonyl (C=O) groups is 2. The van der Waals surface area contributed by atoms with Gasteiger partial charge in [0.2, 0.25) is 0 Å². The lowest BCUT2D eigenvalue weighted by Crippen LogP contribution is -2.37. The summed E-state index contributed by atoms with van der Waals surface area (Å²) in [6, 6.07) is 19.3. The number of nitrogens with zero attached hydrogens (tertiary/aromatic N) is 1. The first-order valence-electron chi connectivity index (χ1n) is 10.7. The summed E-state index contributed by atoms with van der Waals surface area (Å²) in [5, 5.41) is 0. The molecule has 0 unspecified atom stereocenters. The van der Waals surface area contributed by atoms with Crippen molar-refractivity contribution in [2.45, 2.75) is 32.9 Å². The summed E-state index contributed by atoms with van der Waals surface area (Å²) in [5.74, 6) is -1.80. The average molecular weight is 487 g/mol. The molecule has 35 heavy (non-hydrogen) atoms. The molecule has 1 amide bonds. The van der Waals surface area contributed by atoms with Crippen LogP contribution < -0.4 is 14.4 Å². The van der Waals surface area contributed by atoms with Gasteiger partial charge in [-0.2, -0.15) is 0 Å². The van der Waals surface area contributed by atoms with Crippen molar-refractivity contribution in [1.29, 1.82) is 0 Å². The fraction of sp³-hybridized carbons (Fsp3) is 0.231. The highest BCUT2D eigenvalue weighted by Gasteiger charge is 2.31. The zero-order valence-corrected chi connectivity index (χ0v) is 19.3. The predicted molar refractivity (Wildman–Crippen MR) is 124 cm³/mol. The summed E-state index contributed by atoms with van der Waals surface area (Å²) in [4.78, 5) is 26.2. The van der Waals surface area contributed by atoms with Gasteiger partial charge >= 0.3 is 18.2 Å². The second-order valence-corrected chi connectivity index (χ2v) is 7.79. The number of halogens is 3.